The van der Waals surface area contributed by atoms with E-state index in [-0.39, 0.29) is 23.1 Å². The van der Waals surface area contributed by atoms with Crippen molar-refractivity contribution in [2.45, 2.75) is 103 Å². The Labute approximate surface area is 249 Å². The Morgan fingerprint density at radius 3 is 1.98 bits per heavy atom. The summed E-state index contributed by atoms with van der Waals surface area (Å²) in [5.41, 5.74) is 1.92. The Morgan fingerprint density at radius 1 is 0.690 bits per heavy atom. The van der Waals surface area contributed by atoms with Crippen molar-refractivity contribution in [3.8, 4) is 22.3 Å². The summed E-state index contributed by atoms with van der Waals surface area (Å²) in [6.45, 7) is 4.64. The van der Waals surface area contributed by atoms with Gasteiger partial charge in [-0.25, -0.2) is 17.6 Å². The van der Waals surface area contributed by atoms with Crippen LogP contribution in [0.15, 0.2) is 60.7 Å². The van der Waals surface area contributed by atoms with Crippen molar-refractivity contribution in [2.24, 2.45) is 0 Å². The third kappa shape index (κ3) is 8.12. The number of hydrogen-bond donors (Lipinski definition) is 0. The molecule has 0 radical (unpaired) electrons. The van der Waals surface area contributed by atoms with Crippen LogP contribution in [0.1, 0.15) is 102 Å². The van der Waals surface area contributed by atoms with Gasteiger partial charge in [0.15, 0.2) is 23.3 Å². The molecule has 226 valence electrons. The fourth-order valence-electron chi connectivity index (χ4n) is 5.89. The quantitative estimate of drug-likeness (QED) is 0.105. The first-order chi connectivity index (χ1) is 20.4. The molecule has 0 saturated carbocycles. The SMILES string of the molecule is CC/C=C/CCc1ccc(-c2ccc(-c3ccc(C4CCC(CCCCCCCC)OC4)c(F)c3F)cc2)c(F)c1F. The topological polar surface area (TPSA) is 9.23 Å². The molecule has 2 atom stereocenters. The maximum atomic E-state index is 15.3. The molecule has 2 unspecified atom stereocenters. The van der Waals surface area contributed by atoms with Crippen LogP contribution in [0.25, 0.3) is 22.3 Å². The number of unbranched alkanes of at least 4 members (excludes halogenated alkanes) is 5. The molecule has 0 aromatic heterocycles. The molecule has 0 aliphatic carbocycles. The Morgan fingerprint density at radius 2 is 1.33 bits per heavy atom. The van der Waals surface area contributed by atoms with Gasteiger partial charge in [-0.15, -0.1) is 0 Å². The van der Waals surface area contributed by atoms with E-state index in [1.165, 1.54) is 32.1 Å². The van der Waals surface area contributed by atoms with Gasteiger partial charge in [-0.1, -0.05) is 113 Å². The van der Waals surface area contributed by atoms with Gasteiger partial charge < -0.3 is 4.74 Å². The molecular formula is C37H44F4O. The first kappa shape index (κ1) is 32.0. The lowest BCUT2D eigenvalue weighted by Gasteiger charge is -2.30. The molecular weight excluding hydrogens is 536 g/mol. The lowest BCUT2D eigenvalue weighted by atomic mass is 9.88. The van der Waals surface area contributed by atoms with Crippen LogP contribution >= 0.6 is 0 Å². The van der Waals surface area contributed by atoms with Crippen LogP contribution in [0.2, 0.25) is 0 Å². The van der Waals surface area contributed by atoms with Crippen molar-refractivity contribution in [1.29, 1.82) is 0 Å². The van der Waals surface area contributed by atoms with E-state index in [0.717, 1.165) is 32.1 Å². The van der Waals surface area contributed by atoms with Gasteiger partial charge in [0, 0.05) is 17.0 Å². The summed E-state index contributed by atoms with van der Waals surface area (Å²) >= 11 is 0. The van der Waals surface area contributed by atoms with Crippen LogP contribution in [0.3, 0.4) is 0 Å². The van der Waals surface area contributed by atoms with Gasteiger partial charge in [0.2, 0.25) is 0 Å². The predicted octanol–water partition coefficient (Wildman–Crippen LogP) is 11.5. The monoisotopic (exact) mass is 580 g/mol. The number of allylic oxidation sites excluding steroid dienone is 2. The van der Waals surface area contributed by atoms with E-state index < -0.39 is 23.3 Å². The van der Waals surface area contributed by atoms with Crippen molar-refractivity contribution in [1.82, 2.24) is 0 Å². The summed E-state index contributed by atoms with van der Waals surface area (Å²) < 4.78 is 66.2. The van der Waals surface area contributed by atoms with Crippen molar-refractivity contribution in [3.05, 3.63) is 95.1 Å². The molecule has 3 aromatic carbocycles. The molecule has 1 heterocycles. The Balaban J connectivity index is 1.38. The van der Waals surface area contributed by atoms with Gasteiger partial charge in [-0.2, -0.15) is 0 Å². The third-order valence-corrected chi connectivity index (χ3v) is 8.45. The number of hydrogen-bond acceptors (Lipinski definition) is 1. The van der Waals surface area contributed by atoms with E-state index >= 15 is 8.78 Å². The molecule has 1 aliphatic rings. The molecule has 1 saturated heterocycles. The molecule has 1 fully saturated rings. The molecule has 1 nitrogen and oxygen atoms in total. The van der Waals surface area contributed by atoms with E-state index in [9.17, 15) is 8.78 Å². The summed E-state index contributed by atoms with van der Waals surface area (Å²) in [6, 6.07) is 12.9. The molecule has 1 aliphatic heterocycles. The minimum Gasteiger partial charge on any atom is -0.378 e. The number of ether oxygens (including phenoxy) is 1. The maximum absolute atomic E-state index is 15.3. The summed E-state index contributed by atoms with van der Waals surface area (Å²) in [5, 5.41) is 0. The van der Waals surface area contributed by atoms with Gasteiger partial charge >= 0.3 is 0 Å². The normalized spacial score (nSPS) is 17.3. The van der Waals surface area contributed by atoms with Crippen LogP contribution in [0, 0.1) is 23.3 Å². The molecule has 0 amide bonds. The van der Waals surface area contributed by atoms with Crippen molar-refractivity contribution >= 4 is 0 Å². The van der Waals surface area contributed by atoms with E-state index in [2.05, 4.69) is 6.92 Å². The molecule has 3 aromatic rings. The van der Waals surface area contributed by atoms with Crippen LogP contribution in [0.4, 0.5) is 17.6 Å². The van der Waals surface area contributed by atoms with Gasteiger partial charge in [0.1, 0.15) is 0 Å². The van der Waals surface area contributed by atoms with Gasteiger partial charge in [0.05, 0.1) is 12.7 Å². The van der Waals surface area contributed by atoms with E-state index in [1.807, 2.05) is 19.1 Å². The van der Waals surface area contributed by atoms with Crippen LogP contribution in [-0.4, -0.2) is 12.7 Å². The number of aryl methyl sites for hydroxylation is 1. The summed E-state index contributed by atoms with van der Waals surface area (Å²) in [5.74, 6) is -3.64. The second kappa shape index (κ2) is 16.1. The molecule has 0 N–H and O–H groups in total. The van der Waals surface area contributed by atoms with Gasteiger partial charge in [-0.3, -0.25) is 0 Å². The highest BCUT2D eigenvalue weighted by Gasteiger charge is 2.27. The highest BCUT2D eigenvalue weighted by molar-refractivity contribution is 5.71. The average Bonchev–Trinajstić information content (AvgIpc) is 3.01. The zero-order valence-electron chi connectivity index (χ0n) is 25.0. The Hall–Kier alpha value is -2.92. The van der Waals surface area contributed by atoms with Gasteiger partial charge in [-0.05, 0) is 60.8 Å². The maximum Gasteiger partial charge on any atom is 0.166 e. The van der Waals surface area contributed by atoms with Crippen molar-refractivity contribution < 1.29 is 22.3 Å². The summed E-state index contributed by atoms with van der Waals surface area (Å²) in [4.78, 5) is 0. The summed E-state index contributed by atoms with van der Waals surface area (Å²) in [7, 11) is 0. The minimum absolute atomic E-state index is 0.140. The zero-order chi connectivity index (χ0) is 29.9. The van der Waals surface area contributed by atoms with Crippen LogP contribution in [0.5, 0.6) is 0 Å². The predicted molar refractivity (Wildman–Crippen MR) is 165 cm³/mol. The molecule has 42 heavy (non-hydrogen) atoms. The Kier molecular flexibility index (Phi) is 12.2. The summed E-state index contributed by atoms with van der Waals surface area (Å²) in [6.07, 6.45) is 16.3. The zero-order valence-corrected chi connectivity index (χ0v) is 25.0. The van der Waals surface area contributed by atoms with Crippen molar-refractivity contribution in [3.63, 3.8) is 0 Å². The van der Waals surface area contributed by atoms with E-state index in [0.29, 0.717) is 41.7 Å². The highest BCUT2D eigenvalue weighted by atomic mass is 19.2. The third-order valence-electron chi connectivity index (χ3n) is 8.45. The van der Waals surface area contributed by atoms with Crippen LogP contribution < -0.4 is 0 Å². The number of benzene rings is 3. The molecule has 5 heteroatoms. The van der Waals surface area contributed by atoms with E-state index in [4.69, 9.17) is 4.74 Å². The highest BCUT2D eigenvalue weighted by Crippen LogP contribution is 2.36. The first-order valence-electron chi connectivity index (χ1n) is 15.8. The lowest BCUT2D eigenvalue weighted by Crippen LogP contribution is -2.25. The standard InChI is InChI=1S/C37H44F4O/c1-3-5-7-9-10-12-14-30-21-19-29(25-42-30)33-24-23-32(36(40)37(33)41)27-17-15-26(16-18-27)31-22-20-28(34(38)35(31)39)13-11-8-6-4-2/h6,8,15-18,20,22-24,29-30H,3-5,7,9-14,19,21,25H2,1-2H3/b8-6+. The fourth-order valence-corrected chi connectivity index (χ4v) is 5.89. The Bertz CT molecular complexity index is 1310. The molecule has 0 spiro atoms. The lowest BCUT2D eigenvalue weighted by molar-refractivity contribution is -0.00283. The molecule has 0 bridgehead atoms. The second-order valence-corrected chi connectivity index (χ2v) is 11.5. The first-order valence-corrected chi connectivity index (χ1v) is 15.8. The number of halogens is 4. The smallest absolute Gasteiger partial charge is 0.166 e. The van der Waals surface area contributed by atoms with E-state index in [1.54, 1.807) is 48.5 Å². The average molecular weight is 581 g/mol. The van der Waals surface area contributed by atoms with Gasteiger partial charge in [0.25, 0.3) is 0 Å². The largest absolute Gasteiger partial charge is 0.378 e. The minimum atomic E-state index is -0.898. The fraction of sp³-hybridized carbons (Fsp3) is 0.459. The number of rotatable bonds is 14. The second-order valence-electron chi connectivity index (χ2n) is 11.5. The van der Waals surface area contributed by atoms with Crippen molar-refractivity contribution in [2.75, 3.05) is 6.61 Å². The molecule has 4 rings (SSSR count). The van der Waals surface area contributed by atoms with Crippen LogP contribution in [-0.2, 0) is 11.2 Å².